The molecule has 1 unspecified atom stereocenters. The minimum absolute atomic E-state index is 0.0129. The number of amides is 1. The first-order chi connectivity index (χ1) is 11.0. The van der Waals surface area contributed by atoms with Crippen molar-refractivity contribution in [2.75, 3.05) is 23.3 Å². The summed E-state index contributed by atoms with van der Waals surface area (Å²) in [6.07, 6.45) is 0. The van der Waals surface area contributed by atoms with E-state index in [1.807, 2.05) is 56.0 Å². The number of nitrogens with one attached hydrogen (secondary N) is 2. The number of carbonyl (C=O) groups is 2. The van der Waals surface area contributed by atoms with Crippen LogP contribution in [0.1, 0.15) is 28.7 Å². The van der Waals surface area contributed by atoms with Crippen LogP contribution >= 0.6 is 0 Å². The number of anilines is 2. The van der Waals surface area contributed by atoms with Gasteiger partial charge in [0, 0.05) is 23.5 Å². The zero-order valence-electron chi connectivity index (χ0n) is 13.6. The number of carbonyl (C=O) groups excluding carboxylic acids is 2. The number of aryl methyl sites for hydroxylation is 2. The fourth-order valence-electron chi connectivity index (χ4n) is 3.04. The number of rotatable bonds is 3. The molecule has 0 saturated carbocycles. The van der Waals surface area contributed by atoms with Crippen molar-refractivity contribution < 1.29 is 9.59 Å². The number of aromatic nitrogens is 1. The molecule has 1 aliphatic heterocycles. The predicted octanol–water partition coefficient (Wildman–Crippen LogP) is 2.91. The lowest BCUT2D eigenvalue weighted by atomic mass is 10.1. The smallest absolute Gasteiger partial charge is 0.229 e. The number of hydrogen-bond donors (Lipinski definition) is 2. The molecule has 1 aliphatic rings. The zero-order valence-corrected chi connectivity index (χ0v) is 13.6. The number of fused-ring (bicyclic) bond motifs is 1. The minimum Gasteiger partial charge on any atom is -0.362 e. The third-order valence-electron chi connectivity index (χ3n) is 4.23. The summed E-state index contributed by atoms with van der Waals surface area (Å²) in [5.41, 5.74) is 4.24. The quantitative estimate of drug-likeness (QED) is 0.857. The van der Waals surface area contributed by atoms with Crippen LogP contribution in [-0.4, -0.2) is 29.8 Å². The third kappa shape index (κ3) is 2.99. The number of hydrogen-bond acceptors (Lipinski definition) is 3. The largest absolute Gasteiger partial charge is 0.362 e. The standard InChI is InChI=1S/C18H21N3O2/c1-11-9-21(10-17(22)14-8-12(2)19-13(14)3)16-7-5-4-6-15(16)20-18(11)23/h4-8,11,19H,9-10H2,1-3H3,(H,20,23). The van der Waals surface area contributed by atoms with Crippen molar-refractivity contribution in [3.05, 3.63) is 47.3 Å². The number of ketones is 1. The molecule has 3 rings (SSSR count). The molecule has 2 heterocycles. The summed E-state index contributed by atoms with van der Waals surface area (Å²) < 4.78 is 0. The van der Waals surface area contributed by atoms with E-state index in [4.69, 9.17) is 0 Å². The maximum absolute atomic E-state index is 12.7. The summed E-state index contributed by atoms with van der Waals surface area (Å²) in [6, 6.07) is 9.50. The van der Waals surface area contributed by atoms with Gasteiger partial charge in [-0.25, -0.2) is 0 Å². The van der Waals surface area contributed by atoms with Crippen LogP contribution in [0.15, 0.2) is 30.3 Å². The van der Waals surface area contributed by atoms with Crippen molar-refractivity contribution in [3.8, 4) is 0 Å². The van der Waals surface area contributed by atoms with E-state index in [1.54, 1.807) is 0 Å². The van der Waals surface area contributed by atoms with Gasteiger partial charge < -0.3 is 15.2 Å². The second kappa shape index (κ2) is 5.91. The van der Waals surface area contributed by atoms with E-state index in [2.05, 4.69) is 10.3 Å². The molecule has 2 N–H and O–H groups in total. The van der Waals surface area contributed by atoms with E-state index < -0.39 is 0 Å². The normalized spacial score (nSPS) is 17.4. The lowest BCUT2D eigenvalue weighted by molar-refractivity contribution is -0.119. The summed E-state index contributed by atoms with van der Waals surface area (Å²) in [4.78, 5) is 30.0. The third-order valence-corrected chi connectivity index (χ3v) is 4.23. The van der Waals surface area contributed by atoms with Crippen LogP contribution in [0.3, 0.4) is 0 Å². The van der Waals surface area contributed by atoms with Gasteiger partial charge in [-0.05, 0) is 32.0 Å². The molecule has 1 aromatic heterocycles. The van der Waals surface area contributed by atoms with Crippen molar-refractivity contribution in [2.24, 2.45) is 5.92 Å². The molecular weight excluding hydrogens is 290 g/mol. The summed E-state index contributed by atoms with van der Waals surface area (Å²) >= 11 is 0. The molecule has 0 fully saturated rings. The second-order valence-electron chi connectivity index (χ2n) is 6.20. The van der Waals surface area contributed by atoms with E-state index in [0.717, 1.165) is 28.3 Å². The molecule has 1 atom stereocenters. The van der Waals surface area contributed by atoms with Crippen molar-refractivity contribution in [1.29, 1.82) is 0 Å². The van der Waals surface area contributed by atoms with Crippen LogP contribution in [-0.2, 0) is 4.79 Å². The topological polar surface area (TPSA) is 65.2 Å². The highest BCUT2D eigenvalue weighted by Gasteiger charge is 2.26. The van der Waals surface area contributed by atoms with E-state index in [0.29, 0.717) is 6.54 Å². The molecule has 2 aromatic rings. The van der Waals surface area contributed by atoms with E-state index in [1.165, 1.54) is 0 Å². The van der Waals surface area contributed by atoms with Gasteiger partial charge in [-0.2, -0.15) is 0 Å². The Morgan fingerprint density at radius 2 is 2.04 bits per heavy atom. The van der Waals surface area contributed by atoms with Crippen LogP contribution < -0.4 is 10.2 Å². The number of nitrogens with zero attached hydrogens (tertiary/aromatic N) is 1. The lowest BCUT2D eigenvalue weighted by Gasteiger charge is -2.24. The van der Waals surface area contributed by atoms with Gasteiger partial charge in [-0.3, -0.25) is 9.59 Å². The molecule has 5 heteroatoms. The van der Waals surface area contributed by atoms with Gasteiger partial charge in [-0.1, -0.05) is 19.1 Å². The molecule has 1 amide bonds. The van der Waals surface area contributed by atoms with Gasteiger partial charge in [0.1, 0.15) is 0 Å². The number of H-pyrrole nitrogens is 1. The average molecular weight is 311 g/mol. The first-order valence-electron chi connectivity index (χ1n) is 7.80. The SMILES string of the molecule is Cc1cc(C(=O)CN2CC(C)C(=O)Nc3ccccc32)c(C)[nH]1. The average Bonchev–Trinajstić information content (AvgIpc) is 2.79. The van der Waals surface area contributed by atoms with Crippen molar-refractivity contribution in [3.63, 3.8) is 0 Å². The van der Waals surface area contributed by atoms with Crippen molar-refractivity contribution in [1.82, 2.24) is 4.98 Å². The summed E-state index contributed by atoms with van der Waals surface area (Å²) in [7, 11) is 0. The van der Waals surface area contributed by atoms with Crippen LogP contribution in [0.2, 0.25) is 0 Å². The fraction of sp³-hybridized carbons (Fsp3) is 0.333. The number of aromatic amines is 1. The molecule has 0 aliphatic carbocycles. The Labute approximate surface area is 135 Å². The number of benzene rings is 1. The minimum atomic E-state index is -0.177. The van der Waals surface area contributed by atoms with E-state index in [9.17, 15) is 9.59 Å². The molecule has 0 spiro atoms. The number of Topliss-reactive ketones (excluding diaryl/α,β-unsaturated/α-hetero) is 1. The molecule has 120 valence electrons. The van der Waals surface area contributed by atoms with Crippen LogP contribution in [0, 0.1) is 19.8 Å². The highest BCUT2D eigenvalue weighted by atomic mass is 16.2. The Kier molecular flexibility index (Phi) is 3.94. The molecule has 0 saturated heterocycles. The molecule has 23 heavy (non-hydrogen) atoms. The zero-order chi connectivity index (χ0) is 16.6. The van der Waals surface area contributed by atoms with Gasteiger partial charge in [0.2, 0.25) is 5.91 Å². The monoisotopic (exact) mass is 311 g/mol. The maximum atomic E-state index is 12.7. The van der Waals surface area contributed by atoms with Crippen LogP contribution in [0.4, 0.5) is 11.4 Å². The highest BCUT2D eigenvalue weighted by Crippen LogP contribution is 2.30. The van der Waals surface area contributed by atoms with Gasteiger partial charge >= 0.3 is 0 Å². The molecule has 5 nitrogen and oxygen atoms in total. The van der Waals surface area contributed by atoms with Gasteiger partial charge in [-0.15, -0.1) is 0 Å². The summed E-state index contributed by atoms with van der Waals surface area (Å²) in [5.74, 6) is -0.131. The maximum Gasteiger partial charge on any atom is 0.229 e. The molecule has 0 bridgehead atoms. The predicted molar refractivity (Wildman–Crippen MR) is 91.0 cm³/mol. The lowest BCUT2D eigenvalue weighted by Crippen LogP contribution is -2.34. The van der Waals surface area contributed by atoms with Gasteiger partial charge in [0.15, 0.2) is 5.78 Å². The number of para-hydroxylation sites is 2. The Bertz CT molecular complexity index is 763. The van der Waals surface area contributed by atoms with Gasteiger partial charge in [0.25, 0.3) is 0 Å². The van der Waals surface area contributed by atoms with Gasteiger partial charge in [0.05, 0.1) is 23.8 Å². The van der Waals surface area contributed by atoms with Crippen molar-refractivity contribution >= 4 is 23.1 Å². The van der Waals surface area contributed by atoms with E-state index >= 15 is 0 Å². The Morgan fingerprint density at radius 1 is 1.30 bits per heavy atom. The van der Waals surface area contributed by atoms with E-state index in [-0.39, 0.29) is 24.2 Å². The van der Waals surface area contributed by atoms with Crippen LogP contribution in [0.25, 0.3) is 0 Å². The molecule has 1 aromatic carbocycles. The second-order valence-corrected chi connectivity index (χ2v) is 6.20. The Balaban J connectivity index is 1.90. The summed E-state index contributed by atoms with van der Waals surface area (Å²) in [6.45, 7) is 6.51. The Hall–Kier alpha value is -2.56. The molecular formula is C18H21N3O2. The Morgan fingerprint density at radius 3 is 2.74 bits per heavy atom. The molecule has 0 radical (unpaired) electrons. The van der Waals surface area contributed by atoms with Crippen molar-refractivity contribution in [2.45, 2.75) is 20.8 Å². The first kappa shape index (κ1) is 15.3. The van der Waals surface area contributed by atoms with Crippen LogP contribution in [0.5, 0.6) is 0 Å². The first-order valence-corrected chi connectivity index (χ1v) is 7.80. The highest BCUT2D eigenvalue weighted by molar-refractivity contribution is 6.03. The fourth-order valence-corrected chi connectivity index (χ4v) is 3.04. The summed E-state index contributed by atoms with van der Waals surface area (Å²) in [5, 5.41) is 2.93.